The summed E-state index contributed by atoms with van der Waals surface area (Å²) in [5.74, 6) is 0.910. The molecule has 2 saturated heterocycles. The molecule has 3 aliphatic heterocycles. The third-order valence-corrected chi connectivity index (χ3v) is 7.04. The minimum atomic E-state index is 0.189. The molecular weight excluding hydrogens is 378 g/mol. The third kappa shape index (κ3) is 3.95. The molecule has 7 heteroatoms. The lowest BCUT2D eigenvalue weighted by Crippen LogP contribution is -2.49. The molecule has 2 aromatic rings. The minimum absolute atomic E-state index is 0.189. The van der Waals surface area contributed by atoms with Crippen molar-refractivity contribution in [2.24, 2.45) is 5.92 Å². The van der Waals surface area contributed by atoms with E-state index >= 15 is 0 Å². The molecule has 5 rings (SSSR count). The first-order chi connectivity index (χ1) is 14.7. The molecule has 2 atom stereocenters. The number of likely N-dealkylation sites (tertiary alicyclic amines) is 2. The Hall–Kier alpha value is -2.41. The van der Waals surface area contributed by atoms with Gasteiger partial charge in [0, 0.05) is 56.0 Å². The van der Waals surface area contributed by atoms with Gasteiger partial charge in [-0.05, 0) is 62.7 Å². The van der Waals surface area contributed by atoms with Crippen LogP contribution in [0.2, 0.25) is 0 Å². The van der Waals surface area contributed by atoms with Gasteiger partial charge in [-0.15, -0.1) is 0 Å². The van der Waals surface area contributed by atoms with Crippen molar-refractivity contribution in [3.8, 4) is 0 Å². The van der Waals surface area contributed by atoms with Gasteiger partial charge in [-0.3, -0.25) is 19.6 Å². The van der Waals surface area contributed by atoms with Crippen molar-refractivity contribution in [3.05, 3.63) is 51.7 Å². The summed E-state index contributed by atoms with van der Waals surface area (Å²) in [5.41, 5.74) is 3.38. The predicted octanol–water partition coefficient (Wildman–Crippen LogP) is 2.14. The Morgan fingerprint density at radius 3 is 2.83 bits per heavy atom. The molecule has 1 amide bonds. The SMILES string of the molecule is O=C(CCCc1cn[nH]c1)N1C[C@@H]2C[C@H](C1)c1ccc(CN3CCCC3)c(=O)n1C2. The molecule has 0 aromatic carbocycles. The van der Waals surface area contributed by atoms with Crippen LogP contribution in [0.4, 0.5) is 0 Å². The van der Waals surface area contributed by atoms with Gasteiger partial charge in [0.15, 0.2) is 0 Å². The summed E-state index contributed by atoms with van der Waals surface area (Å²) in [5, 5.41) is 6.78. The van der Waals surface area contributed by atoms with Crippen molar-refractivity contribution in [1.82, 2.24) is 24.6 Å². The summed E-state index contributed by atoms with van der Waals surface area (Å²) in [4.78, 5) is 30.4. The van der Waals surface area contributed by atoms with Crippen LogP contribution in [0.25, 0.3) is 0 Å². The summed E-state index contributed by atoms with van der Waals surface area (Å²) >= 11 is 0. The van der Waals surface area contributed by atoms with Gasteiger partial charge in [0.2, 0.25) is 5.91 Å². The quantitative estimate of drug-likeness (QED) is 0.793. The van der Waals surface area contributed by atoms with Gasteiger partial charge in [-0.1, -0.05) is 6.07 Å². The number of nitrogens with one attached hydrogen (secondary N) is 1. The van der Waals surface area contributed by atoms with E-state index in [0.29, 0.717) is 12.3 Å². The number of aromatic nitrogens is 3. The van der Waals surface area contributed by atoms with Gasteiger partial charge in [0.1, 0.15) is 0 Å². The molecule has 2 bridgehead atoms. The van der Waals surface area contributed by atoms with E-state index in [9.17, 15) is 9.59 Å². The number of carbonyl (C=O) groups is 1. The number of aromatic amines is 1. The van der Waals surface area contributed by atoms with Gasteiger partial charge in [0.05, 0.1) is 6.20 Å². The first-order valence-corrected chi connectivity index (χ1v) is 11.4. The Morgan fingerprint density at radius 1 is 1.17 bits per heavy atom. The number of carbonyl (C=O) groups excluding carboxylic acids is 1. The van der Waals surface area contributed by atoms with E-state index < -0.39 is 0 Å². The normalized spacial score (nSPS) is 23.5. The monoisotopic (exact) mass is 409 g/mol. The van der Waals surface area contributed by atoms with E-state index in [1.54, 1.807) is 0 Å². The molecule has 0 aliphatic carbocycles. The number of amides is 1. The smallest absolute Gasteiger partial charge is 0.255 e. The highest BCUT2D eigenvalue weighted by molar-refractivity contribution is 5.76. The molecule has 0 radical (unpaired) electrons. The molecule has 0 unspecified atom stereocenters. The Balaban J connectivity index is 1.25. The van der Waals surface area contributed by atoms with Crippen molar-refractivity contribution < 1.29 is 4.79 Å². The van der Waals surface area contributed by atoms with E-state index in [1.165, 1.54) is 12.8 Å². The zero-order chi connectivity index (χ0) is 20.5. The fourth-order valence-electron chi connectivity index (χ4n) is 5.51. The highest BCUT2D eigenvalue weighted by Crippen LogP contribution is 2.35. The van der Waals surface area contributed by atoms with E-state index in [4.69, 9.17) is 0 Å². The molecule has 2 fully saturated rings. The minimum Gasteiger partial charge on any atom is -0.342 e. The number of nitrogens with zero attached hydrogens (tertiary/aromatic N) is 4. The van der Waals surface area contributed by atoms with Crippen LogP contribution in [0, 0.1) is 5.92 Å². The lowest BCUT2D eigenvalue weighted by atomic mass is 9.82. The lowest BCUT2D eigenvalue weighted by Gasteiger charge is -2.43. The zero-order valence-electron chi connectivity index (χ0n) is 17.6. The Kier molecular flexibility index (Phi) is 5.46. The Labute approximate surface area is 177 Å². The largest absolute Gasteiger partial charge is 0.342 e. The molecule has 5 heterocycles. The van der Waals surface area contributed by atoms with Gasteiger partial charge in [-0.2, -0.15) is 5.10 Å². The molecule has 2 aromatic heterocycles. The maximum Gasteiger partial charge on any atom is 0.255 e. The first kappa shape index (κ1) is 19.5. The van der Waals surface area contributed by atoms with E-state index in [-0.39, 0.29) is 17.4 Å². The van der Waals surface area contributed by atoms with Crippen LogP contribution < -0.4 is 5.56 Å². The third-order valence-electron chi connectivity index (χ3n) is 7.04. The fourth-order valence-corrected chi connectivity index (χ4v) is 5.51. The van der Waals surface area contributed by atoms with Crippen LogP contribution in [0.5, 0.6) is 0 Å². The number of pyridine rings is 1. The zero-order valence-corrected chi connectivity index (χ0v) is 17.6. The maximum atomic E-state index is 13.1. The summed E-state index contributed by atoms with van der Waals surface area (Å²) in [6.07, 6.45) is 9.58. The molecule has 7 nitrogen and oxygen atoms in total. The number of rotatable bonds is 6. The van der Waals surface area contributed by atoms with Crippen LogP contribution in [0.3, 0.4) is 0 Å². The van der Waals surface area contributed by atoms with Crippen molar-refractivity contribution in [1.29, 1.82) is 0 Å². The van der Waals surface area contributed by atoms with Gasteiger partial charge in [-0.25, -0.2) is 0 Å². The number of piperidine rings is 1. The van der Waals surface area contributed by atoms with Crippen LogP contribution in [0.1, 0.15) is 54.8 Å². The predicted molar refractivity (Wildman–Crippen MR) is 114 cm³/mol. The van der Waals surface area contributed by atoms with Crippen LogP contribution in [-0.2, 0) is 24.3 Å². The summed E-state index contributed by atoms with van der Waals surface area (Å²) < 4.78 is 2.02. The van der Waals surface area contributed by atoms with E-state index in [1.807, 2.05) is 27.9 Å². The second kappa shape index (κ2) is 8.38. The number of hydrogen-bond acceptors (Lipinski definition) is 4. The van der Waals surface area contributed by atoms with Crippen molar-refractivity contribution in [2.75, 3.05) is 26.2 Å². The van der Waals surface area contributed by atoms with Crippen LogP contribution in [-0.4, -0.2) is 56.7 Å². The number of aryl methyl sites for hydroxylation is 1. The summed E-state index contributed by atoms with van der Waals surface area (Å²) in [6, 6.07) is 4.19. The van der Waals surface area contributed by atoms with E-state index in [2.05, 4.69) is 21.2 Å². The molecule has 0 spiro atoms. The van der Waals surface area contributed by atoms with Crippen LogP contribution >= 0.6 is 0 Å². The summed E-state index contributed by atoms with van der Waals surface area (Å²) in [7, 11) is 0. The maximum absolute atomic E-state index is 13.1. The molecule has 160 valence electrons. The second-order valence-corrected chi connectivity index (χ2v) is 9.24. The van der Waals surface area contributed by atoms with Crippen LogP contribution in [0.15, 0.2) is 29.3 Å². The highest BCUT2D eigenvalue weighted by atomic mass is 16.2. The molecule has 30 heavy (non-hydrogen) atoms. The topological polar surface area (TPSA) is 74.2 Å². The van der Waals surface area contributed by atoms with Gasteiger partial charge < -0.3 is 9.47 Å². The molecule has 1 N–H and O–H groups in total. The number of hydrogen-bond donors (Lipinski definition) is 1. The Morgan fingerprint density at radius 2 is 2.03 bits per heavy atom. The van der Waals surface area contributed by atoms with E-state index in [0.717, 1.165) is 75.4 Å². The molecule has 0 saturated carbocycles. The highest BCUT2D eigenvalue weighted by Gasteiger charge is 2.36. The van der Waals surface area contributed by atoms with Crippen molar-refractivity contribution in [3.63, 3.8) is 0 Å². The standard InChI is InChI=1S/C23H31N5O2/c29-22(5-3-4-17-11-24-25-12-17)27-13-18-10-20(16-27)21-7-6-19(23(30)28(21)14-18)15-26-8-1-2-9-26/h6-7,11-12,18,20H,1-5,8-10,13-16H2,(H,24,25)/t18-,20+/m0/s1. The fraction of sp³-hybridized carbons (Fsp3) is 0.609. The number of fused-ring (bicyclic) bond motifs is 4. The summed E-state index contributed by atoms with van der Waals surface area (Å²) in [6.45, 7) is 5.25. The first-order valence-electron chi connectivity index (χ1n) is 11.4. The molecule has 3 aliphatic rings. The average Bonchev–Trinajstić information content (AvgIpc) is 3.44. The van der Waals surface area contributed by atoms with Gasteiger partial charge >= 0.3 is 0 Å². The van der Waals surface area contributed by atoms with Crippen molar-refractivity contribution >= 4 is 5.91 Å². The Bertz CT molecular complexity index is 945. The van der Waals surface area contributed by atoms with Crippen molar-refractivity contribution in [2.45, 2.75) is 57.5 Å². The second-order valence-electron chi connectivity index (χ2n) is 9.24. The number of H-pyrrole nitrogens is 1. The molecular formula is C23H31N5O2. The van der Waals surface area contributed by atoms with Gasteiger partial charge in [0.25, 0.3) is 5.56 Å². The lowest BCUT2D eigenvalue weighted by molar-refractivity contribution is -0.134. The average molecular weight is 410 g/mol.